The lowest BCUT2D eigenvalue weighted by atomic mass is 9.84. The number of anilines is 1. The number of benzene rings is 1. The third-order valence-corrected chi connectivity index (χ3v) is 4.08. The van der Waals surface area contributed by atoms with Crippen LogP contribution in [0.4, 0.5) is 10.1 Å². The van der Waals surface area contributed by atoms with Crippen LogP contribution in [-0.4, -0.2) is 6.54 Å². The van der Waals surface area contributed by atoms with E-state index in [-0.39, 0.29) is 5.82 Å². The Labute approximate surface area is 117 Å². The van der Waals surface area contributed by atoms with E-state index in [0.29, 0.717) is 17.5 Å². The summed E-state index contributed by atoms with van der Waals surface area (Å²) in [7, 11) is 0. The van der Waals surface area contributed by atoms with Crippen LogP contribution >= 0.6 is 15.9 Å². The van der Waals surface area contributed by atoms with Gasteiger partial charge in [0.15, 0.2) is 0 Å². The molecule has 0 saturated carbocycles. The zero-order valence-electron chi connectivity index (χ0n) is 10.8. The van der Waals surface area contributed by atoms with Crippen molar-refractivity contribution in [2.24, 2.45) is 11.8 Å². The van der Waals surface area contributed by atoms with Crippen molar-refractivity contribution in [3.05, 3.63) is 40.1 Å². The first-order valence-corrected chi connectivity index (χ1v) is 7.20. The Morgan fingerprint density at radius 3 is 2.89 bits per heavy atom. The van der Waals surface area contributed by atoms with Crippen LogP contribution < -0.4 is 5.32 Å². The molecule has 3 heteroatoms. The van der Waals surface area contributed by atoms with Crippen LogP contribution in [0.1, 0.15) is 26.7 Å². The Balaban J connectivity index is 1.98. The lowest BCUT2D eigenvalue weighted by Crippen LogP contribution is -2.20. The maximum atomic E-state index is 13.7. The van der Waals surface area contributed by atoms with E-state index in [1.807, 2.05) is 6.07 Å². The second kappa shape index (κ2) is 5.87. The molecule has 0 amide bonds. The van der Waals surface area contributed by atoms with Crippen molar-refractivity contribution in [1.29, 1.82) is 0 Å². The molecule has 1 aliphatic rings. The highest BCUT2D eigenvalue weighted by molar-refractivity contribution is 9.10. The van der Waals surface area contributed by atoms with Gasteiger partial charge in [-0.25, -0.2) is 4.39 Å². The van der Waals surface area contributed by atoms with E-state index in [9.17, 15) is 4.39 Å². The molecule has 2 rings (SSSR count). The molecule has 1 N–H and O–H groups in total. The summed E-state index contributed by atoms with van der Waals surface area (Å²) in [5, 5.41) is 3.24. The van der Waals surface area contributed by atoms with Gasteiger partial charge >= 0.3 is 0 Å². The zero-order valence-corrected chi connectivity index (χ0v) is 12.4. The predicted octanol–water partition coefficient (Wildman–Crippen LogP) is 4.99. The first-order valence-electron chi connectivity index (χ1n) is 6.41. The zero-order chi connectivity index (χ0) is 13.1. The van der Waals surface area contributed by atoms with Crippen molar-refractivity contribution in [3.63, 3.8) is 0 Å². The Hall–Kier alpha value is -0.830. The van der Waals surface area contributed by atoms with Crippen LogP contribution in [0.3, 0.4) is 0 Å². The summed E-state index contributed by atoms with van der Waals surface area (Å²) in [5.74, 6) is 1.03. The van der Waals surface area contributed by atoms with Crippen molar-refractivity contribution < 1.29 is 4.39 Å². The maximum Gasteiger partial charge on any atom is 0.147 e. The molecular weight excluding hydrogens is 293 g/mol. The molecule has 0 spiro atoms. The van der Waals surface area contributed by atoms with E-state index in [4.69, 9.17) is 0 Å². The quantitative estimate of drug-likeness (QED) is 0.775. The highest BCUT2D eigenvalue weighted by Gasteiger charge is 2.18. The summed E-state index contributed by atoms with van der Waals surface area (Å²) in [6.45, 7) is 5.26. The molecule has 0 aromatic heterocycles. The Morgan fingerprint density at radius 2 is 2.22 bits per heavy atom. The average molecular weight is 312 g/mol. The van der Waals surface area contributed by atoms with Gasteiger partial charge in [0.05, 0.1) is 5.69 Å². The molecule has 0 radical (unpaired) electrons. The van der Waals surface area contributed by atoms with Gasteiger partial charge in [-0.3, -0.25) is 0 Å². The van der Waals surface area contributed by atoms with Crippen LogP contribution in [0, 0.1) is 17.7 Å². The van der Waals surface area contributed by atoms with Gasteiger partial charge in [0.25, 0.3) is 0 Å². The molecule has 98 valence electrons. The number of rotatable bonds is 3. The first kappa shape index (κ1) is 13.6. The number of hydrogen-bond acceptors (Lipinski definition) is 1. The fraction of sp³-hybridized carbons (Fsp3) is 0.467. The summed E-state index contributed by atoms with van der Waals surface area (Å²) < 4.78 is 14.4. The van der Waals surface area contributed by atoms with Crippen molar-refractivity contribution in [1.82, 2.24) is 0 Å². The standard InChI is InChI=1S/C15H19BrFN/c1-10-6-11(2)8-12(7-10)9-18-15-13(16)4-3-5-14(15)17/h3-6,10,12,18H,7-9H2,1-2H3. The number of halogens is 2. The Morgan fingerprint density at radius 1 is 1.44 bits per heavy atom. The normalized spacial score (nSPS) is 23.7. The minimum absolute atomic E-state index is 0.194. The summed E-state index contributed by atoms with van der Waals surface area (Å²) in [6, 6.07) is 5.06. The van der Waals surface area contributed by atoms with Crippen molar-refractivity contribution >= 4 is 21.6 Å². The minimum atomic E-state index is -0.194. The number of nitrogens with one attached hydrogen (secondary N) is 1. The van der Waals surface area contributed by atoms with Crippen LogP contribution in [-0.2, 0) is 0 Å². The average Bonchev–Trinajstić information content (AvgIpc) is 2.27. The van der Waals surface area contributed by atoms with Crippen LogP contribution in [0.5, 0.6) is 0 Å². The van der Waals surface area contributed by atoms with Crippen LogP contribution in [0.25, 0.3) is 0 Å². The molecule has 0 aliphatic heterocycles. The molecule has 0 saturated heterocycles. The smallest absolute Gasteiger partial charge is 0.147 e. The third kappa shape index (κ3) is 3.35. The van der Waals surface area contributed by atoms with Gasteiger partial charge < -0.3 is 5.32 Å². The van der Waals surface area contributed by atoms with Gasteiger partial charge in [-0.15, -0.1) is 0 Å². The third-order valence-electron chi connectivity index (χ3n) is 3.42. The lowest BCUT2D eigenvalue weighted by molar-refractivity contribution is 0.420. The van der Waals surface area contributed by atoms with Gasteiger partial charge in [0.1, 0.15) is 5.82 Å². The van der Waals surface area contributed by atoms with Crippen molar-refractivity contribution in [3.8, 4) is 0 Å². The summed E-state index contributed by atoms with van der Waals surface area (Å²) in [5.41, 5.74) is 2.03. The fourth-order valence-corrected chi connectivity index (χ4v) is 3.24. The van der Waals surface area contributed by atoms with Crippen molar-refractivity contribution in [2.75, 3.05) is 11.9 Å². The summed E-state index contributed by atoms with van der Waals surface area (Å²) >= 11 is 3.38. The fourth-order valence-electron chi connectivity index (χ4n) is 2.75. The predicted molar refractivity (Wildman–Crippen MR) is 78.2 cm³/mol. The molecule has 1 aliphatic carbocycles. The van der Waals surface area contributed by atoms with Gasteiger partial charge in [0, 0.05) is 11.0 Å². The number of para-hydroxylation sites is 1. The molecule has 1 aromatic rings. The number of hydrogen-bond donors (Lipinski definition) is 1. The van der Waals surface area contributed by atoms with Gasteiger partial charge in [-0.2, -0.15) is 0 Å². The minimum Gasteiger partial charge on any atom is -0.381 e. The van der Waals surface area contributed by atoms with E-state index in [1.165, 1.54) is 18.1 Å². The molecular formula is C15H19BrFN. The van der Waals surface area contributed by atoms with Gasteiger partial charge in [0.2, 0.25) is 0 Å². The second-order valence-corrected chi connectivity index (χ2v) is 6.13. The molecule has 0 heterocycles. The highest BCUT2D eigenvalue weighted by Crippen LogP contribution is 2.30. The number of allylic oxidation sites excluding steroid dienone is 2. The van der Waals surface area contributed by atoms with Gasteiger partial charge in [-0.1, -0.05) is 24.6 Å². The van der Waals surface area contributed by atoms with Crippen LogP contribution in [0.2, 0.25) is 0 Å². The molecule has 18 heavy (non-hydrogen) atoms. The first-order chi connectivity index (χ1) is 8.56. The molecule has 2 unspecified atom stereocenters. The molecule has 0 fully saturated rings. The van der Waals surface area contributed by atoms with Gasteiger partial charge in [-0.05, 0) is 59.7 Å². The molecule has 1 aromatic carbocycles. The second-order valence-electron chi connectivity index (χ2n) is 5.27. The Bertz CT molecular complexity index is 436. The SMILES string of the molecule is CC1=CC(C)CC(CNc2c(F)cccc2Br)C1. The molecule has 2 atom stereocenters. The van der Waals surface area contributed by atoms with E-state index >= 15 is 0 Å². The van der Waals surface area contributed by atoms with Crippen LogP contribution in [0.15, 0.2) is 34.3 Å². The van der Waals surface area contributed by atoms with E-state index in [1.54, 1.807) is 6.07 Å². The highest BCUT2D eigenvalue weighted by atomic mass is 79.9. The van der Waals surface area contributed by atoms with Crippen molar-refractivity contribution in [2.45, 2.75) is 26.7 Å². The monoisotopic (exact) mass is 311 g/mol. The van der Waals surface area contributed by atoms with E-state index in [2.05, 4.69) is 41.2 Å². The maximum absolute atomic E-state index is 13.7. The summed E-state index contributed by atoms with van der Waals surface area (Å²) in [6.07, 6.45) is 4.63. The lowest BCUT2D eigenvalue weighted by Gasteiger charge is -2.26. The summed E-state index contributed by atoms with van der Waals surface area (Å²) in [4.78, 5) is 0. The Kier molecular flexibility index (Phi) is 4.44. The molecule has 1 nitrogen and oxygen atoms in total. The van der Waals surface area contributed by atoms with E-state index < -0.39 is 0 Å². The van der Waals surface area contributed by atoms with E-state index in [0.717, 1.165) is 17.4 Å². The molecule has 0 bridgehead atoms. The largest absolute Gasteiger partial charge is 0.381 e. The topological polar surface area (TPSA) is 12.0 Å².